The summed E-state index contributed by atoms with van der Waals surface area (Å²) in [5.74, 6) is 0.0220. The minimum absolute atomic E-state index is 0.0220. The van der Waals surface area contributed by atoms with Crippen LogP contribution in [0.4, 0.5) is 5.95 Å². The van der Waals surface area contributed by atoms with Gasteiger partial charge in [0.05, 0.1) is 12.9 Å². The topological polar surface area (TPSA) is 138 Å². The third kappa shape index (κ3) is 2.00. The van der Waals surface area contributed by atoms with E-state index in [-0.39, 0.29) is 23.7 Å². The lowest BCUT2D eigenvalue weighted by Gasteiger charge is -2.18. The Morgan fingerprint density at radius 2 is 2.27 bits per heavy atom. The molecule has 2 aromatic heterocycles. The fraction of sp³-hybridized carbons (Fsp3) is 0.583. The second-order valence-electron chi connectivity index (χ2n) is 5.10. The van der Waals surface area contributed by atoms with Crippen LogP contribution in [0.3, 0.4) is 0 Å². The van der Waals surface area contributed by atoms with E-state index in [1.165, 1.54) is 29.6 Å². The summed E-state index contributed by atoms with van der Waals surface area (Å²) in [6.45, 7) is -0.309. The Kier molecular flexibility index (Phi) is 3.60. The number of fused-ring (bicyclic) bond motifs is 1. The summed E-state index contributed by atoms with van der Waals surface area (Å²) in [4.78, 5) is 20.2. The Morgan fingerprint density at radius 1 is 1.55 bits per heavy atom. The number of hydrogen-bond donors (Lipinski definition) is 3. The van der Waals surface area contributed by atoms with Gasteiger partial charge in [0.25, 0.3) is 5.56 Å². The molecular weight excluding hydrogens is 294 g/mol. The lowest BCUT2D eigenvalue weighted by atomic mass is 10.1. The van der Waals surface area contributed by atoms with E-state index in [0.717, 1.165) is 0 Å². The van der Waals surface area contributed by atoms with Crippen LogP contribution in [0.15, 0.2) is 11.1 Å². The number of hydrogen-bond acceptors (Lipinski definition) is 8. The van der Waals surface area contributed by atoms with Crippen LogP contribution in [-0.4, -0.2) is 61.3 Å². The molecule has 3 heterocycles. The first-order valence-corrected chi connectivity index (χ1v) is 6.65. The number of methoxy groups -OCH3 is 1. The summed E-state index contributed by atoms with van der Waals surface area (Å²) in [6, 6.07) is 0. The van der Waals surface area contributed by atoms with E-state index in [0.29, 0.717) is 0 Å². The number of anilines is 1. The summed E-state index contributed by atoms with van der Waals surface area (Å²) in [7, 11) is 2.91. The molecule has 0 aromatic carbocycles. The van der Waals surface area contributed by atoms with E-state index < -0.39 is 30.1 Å². The van der Waals surface area contributed by atoms with Gasteiger partial charge in [0, 0.05) is 14.2 Å². The Morgan fingerprint density at radius 3 is 2.86 bits per heavy atom. The fourth-order valence-corrected chi connectivity index (χ4v) is 2.64. The highest BCUT2D eigenvalue weighted by molar-refractivity contribution is 5.71. The van der Waals surface area contributed by atoms with Crippen molar-refractivity contribution in [1.82, 2.24) is 19.1 Å². The molecule has 1 unspecified atom stereocenters. The minimum atomic E-state index is -1.05. The average Bonchev–Trinajstić information content (AvgIpc) is 3.05. The van der Waals surface area contributed by atoms with E-state index in [2.05, 4.69) is 9.97 Å². The van der Waals surface area contributed by atoms with Crippen LogP contribution in [-0.2, 0) is 16.5 Å². The smallest absolute Gasteiger partial charge is 0.282 e. The molecule has 1 fully saturated rings. The van der Waals surface area contributed by atoms with Gasteiger partial charge < -0.3 is 25.4 Å². The average molecular weight is 311 g/mol. The highest BCUT2D eigenvalue weighted by Crippen LogP contribution is 2.32. The predicted molar refractivity (Wildman–Crippen MR) is 75.0 cm³/mol. The number of nitrogens with two attached hydrogens (primary N) is 1. The zero-order valence-electron chi connectivity index (χ0n) is 12.1. The van der Waals surface area contributed by atoms with Crippen LogP contribution in [0.2, 0.25) is 0 Å². The number of nitrogens with zero attached hydrogens (tertiary/aromatic N) is 4. The van der Waals surface area contributed by atoms with Gasteiger partial charge in [-0.25, -0.2) is 4.98 Å². The molecule has 0 radical (unpaired) electrons. The van der Waals surface area contributed by atoms with Crippen LogP contribution in [0, 0.1) is 0 Å². The molecule has 0 bridgehead atoms. The number of rotatable bonds is 3. The van der Waals surface area contributed by atoms with Crippen LogP contribution in [0.1, 0.15) is 6.23 Å². The molecule has 120 valence electrons. The van der Waals surface area contributed by atoms with Crippen molar-refractivity contribution in [3.63, 3.8) is 0 Å². The van der Waals surface area contributed by atoms with Crippen molar-refractivity contribution in [3.8, 4) is 0 Å². The van der Waals surface area contributed by atoms with Crippen LogP contribution in [0.5, 0.6) is 0 Å². The maximum absolute atomic E-state index is 12.1. The van der Waals surface area contributed by atoms with Crippen molar-refractivity contribution in [2.24, 2.45) is 7.05 Å². The Hall–Kier alpha value is -2.01. The van der Waals surface area contributed by atoms with Gasteiger partial charge in [0.2, 0.25) is 5.95 Å². The van der Waals surface area contributed by atoms with Gasteiger partial charge in [-0.15, -0.1) is 0 Å². The molecule has 22 heavy (non-hydrogen) atoms. The summed E-state index contributed by atoms with van der Waals surface area (Å²) in [5, 5.41) is 19.6. The predicted octanol–water partition coefficient (Wildman–Crippen LogP) is -2.02. The molecule has 1 aliphatic rings. The molecule has 4 atom stereocenters. The fourth-order valence-electron chi connectivity index (χ4n) is 2.64. The van der Waals surface area contributed by atoms with Gasteiger partial charge in [-0.2, -0.15) is 4.98 Å². The number of nitrogen functional groups attached to an aromatic ring is 1. The van der Waals surface area contributed by atoms with Crippen molar-refractivity contribution >= 4 is 17.1 Å². The second-order valence-corrected chi connectivity index (χ2v) is 5.10. The maximum Gasteiger partial charge on any atom is 0.282 e. The quantitative estimate of drug-likeness (QED) is 0.590. The van der Waals surface area contributed by atoms with Crippen LogP contribution < -0.4 is 11.3 Å². The van der Waals surface area contributed by atoms with E-state index >= 15 is 0 Å². The third-order valence-corrected chi connectivity index (χ3v) is 3.87. The second kappa shape index (κ2) is 5.32. The number of ether oxygens (including phenoxy) is 2. The van der Waals surface area contributed by atoms with Crippen LogP contribution >= 0.6 is 0 Å². The molecule has 0 spiro atoms. The molecule has 0 aliphatic carbocycles. The Bertz CT molecular complexity index is 756. The molecule has 0 saturated carbocycles. The number of imidazole rings is 1. The maximum atomic E-state index is 12.1. The van der Waals surface area contributed by atoms with E-state index in [1.807, 2.05) is 0 Å². The Balaban J connectivity index is 2.10. The normalized spacial score (nSPS) is 28.5. The lowest BCUT2D eigenvalue weighted by molar-refractivity contribution is -0.0535. The number of aliphatic hydroxyl groups is 2. The first-order valence-electron chi connectivity index (χ1n) is 6.65. The highest BCUT2D eigenvalue weighted by Gasteiger charge is 2.45. The monoisotopic (exact) mass is 311 g/mol. The molecule has 4 N–H and O–H groups in total. The van der Waals surface area contributed by atoms with Crippen molar-refractivity contribution in [3.05, 3.63) is 16.7 Å². The van der Waals surface area contributed by atoms with Crippen LogP contribution in [0.25, 0.3) is 11.2 Å². The molecule has 10 nitrogen and oxygen atoms in total. The summed E-state index contributed by atoms with van der Waals surface area (Å²) in [6.07, 6.45) is -1.97. The van der Waals surface area contributed by atoms with E-state index in [4.69, 9.17) is 15.2 Å². The van der Waals surface area contributed by atoms with Crippen molar-refractivity contribution in [2.45, 2.75) is 24.5 Å². The number of aromatic nitrogens is 4. The van der Waals surface area contributed by atoms with Gasteiger partial charge >= 0.3 is 0 Å². The zero-order chi connectivity index (χ0) is 16.0. The summed E-state index contributed by atoms with van der Waals surface area (Å²) in [5.41, 5.74) is 5.63. The largest absolute Gasteiger partial charge is 0.394 e. The number of aliphatic hydroxyl groups excluding tert-OH is 2. The van der Waals surface area contributed by atoms with Gasteiger partial charge in [0.15, 0.2) is 17.4 Å². The standard InChI is InChI=1S/C12H17N5O5/c1-16-10(20)6-9(15-12(16)13)17(4-14-6)11-7(19)8(21-2)5(3-18)22-11/h4-5,7-8,11,18-19H,3H2,1-2H3,(H2,13,15)/t5-,7?,8+,11-/m1/s1. The van der Waals surface area contributed by atoms with Gasteiger partial charge in [-0.3, -0.25) is 13.9 Å². The van der Waals surface area contributed by atoms with Gasteiger partial charge in [-0.1, -0.05) is 0 Å². The van der Waals surface area contributed by atoms with E-state index in [9.17, 15) is 15.0 Å². The molecule has 3 rings (SSSR count). The first-order chi connectivity index (χ1) is 10.5. The van der Waals surface area contributed by atoms with Gasteiger partial charge in [-0.05, 0) is 0 Å². The SMILES string of the molecule is CO[C@@H]1C(O)[C@H](n2cnc3c(=O)n(C)c(N)nc32)O[C@@H]1CO. The Labute approximate surface area is 124 Å². The molecular formula is C12H17N5O5. The third-order valence-electron chi connectivity index (χ3n) is 3.87. The molecule has 1 aliphatic heterocycles. The van der Waals surface area contributed by atoms with Gasteiger partial charge in [0.1, 0.15) is 18.3 Å². The first kappa shape index (κ1) is 14.9. The highest BCUT2D eigenvalue weighted by atomic mass is 16.6. The van der Waals surface area contributed by atoms with Crippen molar-refractivity contribution in [1.29, 1.82) is 0 Å². The molecule has 0 amide bonds. The van der Waals surface area contributed by atoms with Crippen molar-refractivity contribution in [2.75, 3.05) is 19.5 Å². The molecule has 1 saturated heterocycles. The van der Waals surface area contributed by atoms with E-state index in [1.54, 1.807) is 0 Å². The molecule has 2 aromatic rings. The molecule has 10 heteroatoms. The van der Waals surface area contributed by atoms with Crippen molar-refractivity contribution < 1.29 is 19.7 Å². The minimum Gasteiger partial charge on any atom is -0.394 e. The lowest BCUT2D eigenvalue weighted by Crippen LogP contribution is -2.35. The summed E-state index contributed by atoms with van der Waals surface area (Å²) >= 11 is 0. The summed E-state index contributed by atoms with van der Waals surface area (Å²) < 4.78 is 13.3. The zero-order valence-corrected chi connectivity index (χ0v) is 12.1.